The molecule has 0 bridgehead atoms. The second-order valence-electron chi connectivity index (χ2n) is 5.75. The lowest BCUT2D eigenvalue weighted by molar-refractivity contribution is -0.119. The van der Waals surface area contributed by atoms with Crippen molar-refractivity contribution in [2.45, 2.75) is 11.5 Å². The van der Waals surface area contributed by atoms with E-state index in [2.05, 4.69) is 5.32 Å². The summed E-state index contributed by atoms with van der Waals surface area (Å²) >= 11 is 3.83. The van der Waals surface area contributed by atoms with Crippen molar-refractivity contribution in [1.82, 2.24) is 0 Å². The van der Waals surface area contributed by atoms with Crippen molar-refractivity contribution < 1.29 is 19.1 Å². The first kappa shape index (κ1) is 19.6. The van der Waals surface area contributed by atoms with E-state index in [9.17, 15) is 9.59 Å². The molecule has 142 valence electrons. The van der Waals surface area contributed by atoms with Crippen molar-refractivity contribution >= 4 is 41.1 Å². The lowest BCUT2D eigenvalue weighted by atomic mass is 10.1. The molecular formula is C20H21NO4S2. The SMILES string of the molecule is CCOc1ccccc1NC(=O)COC(=O)c1ccc(C2SCCS2)cc1. The van der Waals surface area contributed by atoms with Gasteiger partial charge in [0.25, 0.3) is 5.91 Å². The molecule has 0 spiro atoms. The third-order valence-corrected chi connectivity index (χ3v) is 6.94. The lowest BCUT2D eigenvalue weighted by Crippen LogP contribution is -2.21. The summed E-state index contributed by atoms with van der Waals surface area (Å²) in [5.74, 6) is 1.96. The van der Waals surface area contributed by atoms with Crippen LogP contribution in [0.1, 0.15) is 27.4 Å². The summed E-state index contributed by atoms with van der Waals surface area (Å²) in [6.45, 7) is 2.01. The molecule has 2 aromatic carbocycles. The Kier molecular flexibility index (Phi) is 7.06. The van der Waals surface area contributed by atoms with Gasteiger partial charge < -0.3 is 14.8 Å². The van der Waals surface area contributed by atoms with E-state index >= 15 is 0 Å². The van der Waals surface area contributed by atoms with Gasteiger partial charge in [0, 0.05) is 11.5 Å². The van der Waals surface area contributed by atoms with Gasteiger partial charge in [0.1, 0.15) is 5.75 Å². The molecule has 1 saturated heterocycles. The number of carbonyl (C=O) groups is 2. The zero-order valence-corrected chi connectivity index (χ0v) is 16.6. The molecule has 0 atom stereocenters. The Bertz CT molecular complexity index is 789. The zero-order chi connectivity index (χ0) is 19.1. The van der Waals surface area contributed by atoms with E-state index in [1.54, 1.807) is 30.3 Å². The molecule has 1 aliphatic heterocycles. The van der Waals surface area contributed by atoms with E-state index in [0.717, 1.165) is 11.5 Å². The topological polar surface area (TPSA) is 64.6 Å². The fraction of sp³-hybridized carbons (Fsp3) is 0.300. The molecule has 3 rings (SSSR count). The van der Waals surface area contributed by atoms with Gasteiger partial charge in [-0.3, -0.25) is 4.79 Å². The molecule has 0 unspecified atom stereocenters. The third kappa shape index (κ3) is 5.43. The number of hydrogen-bond donors (Lipinski definition) is 1. The first-order chi connectivity index (χ1) is 13.2. The molecule has 1 N–H and O–H groups in total. The number of carbonyl (C=O) groups excluding carboxylic acids is 2. The highest BCUT2D eigenvalue weighted by molar-refractivity contribution is 8.19. The normalized spacial score (nSPS) is 14.0. The maximum atomic E-state index is 12.2. The molecule has 1 fully saturated rings. The molecule has 1 amide bonds. The molecule has 0 aromatic heterocycles. The highest BCUT2D eigenvalue weighted by Gasteiger charge is 2.19. The van der Waals surface area contributed by atoms with E-state index in [0.29, 0.717) is 28.2 Å². The van der Waals surface area contributed by atoms with Crippen LogP contribution < -0.4 is 10.1 Å². The maximum Gasteiger partial charge on any atom is 0.338 e. The van der Waals surface area contributed by atoms with Gasteiger partial charge in [0.15, 0.2) is 6.61 Å². The molecule has 0 radical (unpaired) electrons. The first-order valence-electron chi connectivity index (χ1n) is 8.69. The minimum Gasteiger partial charge on any atom is -0.492 e. The number of thioether (sulfide) groups is 2. The number of anilines is 1. The second kappa shape index (κ2) is 9.71. The predicted molar refractivity (Wildman–Crippen MR) is 111 cm³/mol. The average Bonchev–Trinajstić information content (AvgIpc) is 3.23. The Morgan fingerprint density at radius 2 is 1.78 bits per heavy atom. The summed E-state index contributed by atoms with van der Waals surface area (Å²) in [4.78, 5) is 24.2. The van der Waals surface area contributed by atoms with E-state index in [1.165, 1.54) is 5.56 Å². The monoisotopic (exact) mass is 403 g/mol. The number of nitrogens with one attached hydrogen (secondary N) is 1. The lowest BCUT2D eigenvalue weighted by Gasteiger charge is -2.12. The van der Waals surface area contributed by atoms with Gasteiger partial charge in [0.05, 0.1) is 22.4 Å². The number of ether oxygens (including phenoxy) is 2. The van der Waals surface area contributed by atoms with Gasteiger partial charge in [-0.1, -0.05) is 24.3 Å². The van der Waals surface area contributed by atoms with Crippen LogP contribution in [0.25, 0.3) is 0 Å². The summed E-state index contributed by atoms with van der Waals surface area (Å²) in [7, 11) is 0. The zero-order valence-electron chi connectivity index (χ0n) is 15.0. The van der Waals surface area contributed by atoms with Crippen LogP contribution in [0.15, 0.2) is 48.5 Å². The minimum absolute atomic E-state index is 0.352. The summed E-state index contributed by atoms with van der Waals surface area (Å²) in [6, 6.07) is 14.5. The van der Waals surface area contributed by atoms with Crippen LogP contribution in [0.4, 0.5) is 5.69 Å². The van der Waals surface area contributed by atoms with Gasteiger partial charge in [-0.15, -0.1) is 23.5 Å². The van der Waals surface area contributed by atoms with Crippen molar-refractivity contribution in [3.8, 4) is 5.75 Å². The maximum absolute atomic E-state index is 12.2. The molecule has 0 aliphatic carbocycles. The van der Waals surface area contributed by atoms with Crippen molar-refractivity contribution in [3.05, 3.63) is 59.7 Å². The predicted octanol–water partition coefficient (Wildman–Crippen LogP) is 4.36. The molecular weight excluding hydrogens is 382 g/mol. The van der Waals surface area contributed by atoms with Gasteiger partial charge in [-0.05, 0) is 36.8 Å². The Hall–Kier alpha value is -2.12. The second-order valence-corrected chi connectivity index (χ2v) is 8.47. The summed E-state index contributed by atoms with van der Waals surface area (Å²) < 4.78 is 11.0. The fourth-order valence-corrected chi connectivity index (χ4v) is 5.44. The van der Waals surface area contributed by atoms with Gasteiger partial charge in [-0.2, -0.15) is 0 Å². The van der Waals surface area contributed by atoms with Crippen molar-refractivity contribution in [3.63, 3.8) is 0 Å². The number of benzene rings is 2. The molecule has 1 aliphatic rings. The standard InChI is InChI=1S/C20H21NO4S2/c1-2-24-17-6-4-3-5-16(17)21-18(22)13-25-19(23)14-7-9-15(10-8-14)20-26-11-12-27-20/h3-10,20H,2,11-13H2,1H3,(H,21,22). The van der Waals surface area contributed by atoms with Crippen LogP contribution in [0, 0.1) is 0 Å². The van der Waals surface area contributed by atoms with Gasteiger partial charge in [0.2, 0.25) is 0 Å². The quantitative estimate of drug-likeness (QED) is 0.693. The average molecular weight is 404 g/mol. The highest BCUT2D eigenvalue weighted by atomic mass is 32.2. The Balaban J connectivity index is 1.52. The van der Waals surface area contributed by atoms with Crippen LogP contribution in [0.2, 0.25) is 0 Å². The van der Waals surface area contributed by atoms with Crippen LogP contribution in [-0.2, 0) is 9.53 Å². The van der Waals surface area contributed by atoms with Gasteiger partial charge >= 0.3 is 5.97 Å². The number of esters is 1. The summed E-state index contributed by atoms with van der Waals surface area (Å²) in [6.07, 6.45) is 0. The van der Waals surface area contributed by atoms with Crippen LogP contribution in [0.5, 0.6) is 5.75 Å². The van der Waals surface area contributed by atoms with Crippen molar-refractivity contribution in [2.24, 2.45) is 0 Å². The van der Waals surface area contributed by atoms with Crippen molar-refractivity contribution in [1.29, 1.82) is 0 Å². The molecule has 7 heteroatoms. The number of rotatable bonds is 7. The third-order valence-electron chi connectivity index (χ3n) is 3.84. The first-order valence-corrected chi connectivity index (χ1v) is 10.8. The van der Waals surface area contributed by atoms with E-state index in [1.807, 2.05) is 48.6 Å². The van der Waals surface area contributed by atoms with Crippen LogP contribution in [0.3, 0.4) is 0 Å². The molecule has 2 aromatic rings. The Morgan fingerprint density at radius 3 is 2.48 bits per heavy atom. The van der Waals surface area contributed by atoms with E-state index in [4.69, 9.17) is 9.47 Å². The molecule has 1 heterocycles. The van der Waals surface area contributed by atoms with Crippen LogP contribution in [-0.4, -0.2) is 36.6 Å². The number of hydrogen-bond acceptors (Lipinski definition) is 6. The number of amides is 1. The highest BCUT2D eigenvalue weighted by Crippen LogP contribution is 2.45. The fourth-order valence-electron chi connectivity index (χ4n) is 2.58. The molecule has 27 heavy (non-hydrogen) atoms. The number of para-hydroxylation sites is 2. The van der Waals surface area contributed by atoms with Gasteiger partial charge in [-0.25, -0.2) is 4.79 Å². The van der Waals surface area contributed by atoms with E-state index < -0.39 is 11.9 Å². The summed E-state index contributed by atoms with van der Waals surface area (Å²) in [5, 5.41) is 2.70. The largest absolute Gasteiger partial charge is 0.492 e. The Labute approximate surface area is 167 Å². The molecule has 5 nitrogen and oxygen atoms in total. The smallest absolute Gasteiger partial charge is 0.338 e. The van der Waals surface area contributed by atoms with E-state index in [-0.39, 0.29) is 6.61 Å². The Morgan fingerprint density at radius 1 is 1.07 bits per heavy atom. The van der Waals surface area contributed by atoms with Crippen LogP contribution >= 0.6 is 23.5 Å². The summed E-state index contributed by atoms with van der Waals surface area (Å²) in [5.41, 5.74) is 2.19. The minimum atomic E-state index is -0.512. The van der Waals surface area contributed by atoms with Crippen molar-refractivity contribution in [2.75, 3.05) is 30.0 Å². The molecule has 0 saturated carbocycles.